The summed E-state index contributed by atoms with van der Waals surface area (Å²) in [5.74, 6) is -3.40. The highest BCUT2D eigenvalue weighted by molar-refractivity contribution is 7.91. The van der Waals surface area contributed by atoms with Crippen LogP contribution in [0.4, 0.5) is 14.5 Å². The molecule has 0 bridgehead atoms. The number of hydrogen-bond acceptors (Lipinski definition) is 5. The number of nitrogens with one attached hydrogen (secondary N) is 1. The average Bonchev–Trinajstić information content (AvgIpc) is 2.95. The first-order chi connectivity index (χ1) is 10.9. The standard InChI is InChI=1S/C15H19F2NO4S/c16-14(17)23(19,20)13-3-1-11(2-4-13)18-12-5-7-22-15(9-12)6-8-21-10-15/h1-4,12,14,18H,5-10H2. The van der Waals surface area contributed by atoms with Crippen LogP contribution in [0.5, 0.6) is 0 Å². The minimum Gasteiger partial charge on any atom is -0.382 e. The first kappa shape index (κ1) is 16.6. The number of hydrogen-bond donors (Lipinski definition) is 1. The Hall–Kier alpha value is -1.25. The van der Waals surface area contributed by atoms with E-state index in [0.717, 1.165) is 19.3 Å². The fourth-order valence-corrected chi connectivity index (χ4v) is 3.81. The molecule has 2 saturated heterocycles. The maximum absolute atomic E-state index is 12.5. The number of ether oxygens (including phenoxy) is 2. The van der Waals surface area contributed by atoms with E-state index in [1.807, 2.05) is 0 Å². The molecule has 2 aliphatic heterocycles. The molecule has 1 aromatic rings. The van der Waals surface area contributed by atoms with Crippen LogP contribution in [0.3, 0.4) is 0 Å². The van der Waals surface area contributed by atoms with Crippen molar-refractivity contribution in [2.24, 2.45) is 0 Å². The second kappa shape index (κ2) is 6.33. The molecule has 3 rings (SSSR count). The molecule has 23 heavy (non-hydrogen) atoms. The second-order valence-electron chi connectivity index (χ2n) is 6.00. The Kier molecular flexibility index (Phi) is 4.57. The number of rotatable bonds is 4. The predicted octanol–water partition coefficient (Wildman–Crippen LogP) is 2.43. The zero-order chi connectivity index (χ0) is 16.5. The molecular formula is C15H19F2NO4S. The Morgan fingerprint density at radius 3 is 2.57 bits per heavy atom. The predicted molar refractivity (Wildman–Crippen MR) is 80.4 cm³/mol. The van der Waals surface area contributed by atoms with Crippen LogP contribution in [0.2, 0.25) is 0 Å². The lowest BCUT2D eigenvalue weighted by Crippen LogP contribution is -2.44. The third-order valence-corrected chi connectivity index (χ3v) is 5.75. The summed E-state index contributed by atoms with van der Waals surface area (Å²) in [5, 5.41) is 3.32. The summed E-state index contributed by atoms with van der Waals surface area (Å²) < 4.78 is 59.1. The van der Waals surface area contributed by atoms with Crippen molar-refractivity contribution in [2.45, 2.75) is 41.6 Å². The van der Waals surface area contributed by atoms with E-state index in [1.165, 1.54) is 24.3 Å². The van der Waals surface area contributed by atoms with Crippen LogP contribution in [0.25, 0.3) is 0 Å². The first-order valence-electron chi connectivity index (χ1n) is 7.52. The van der Waals surface area contributed by atoms with Crippen LogP contribution in [0.1, 0.15) is 19.3 Å². The van der Waals surface area contributed by atoms with Gasteiger partial charge in [-0.25, -0.2) is 8.42 Å². The van der Waals surface area contributed by atoms with E-state index in [2.05, 4.69) is 5.32 Å². The first-order valence-corrected chi connectivity index (χ1v) is 9.06. The van der Waals surface area contributed by atoms with Crippen LogP contribution in [-0.2, 0) is 19.3 Å². The number of sulfone groups is 1. The van der Waals surface area contributed by atoms with E-state index in [0.29, 0.717) is 25.5 Å². The Balaban J connectivity index is 1.66. The third kappa shape index (κ3) is 3.49. The van der Waals surface area contributed by atoms with Gasteiger partial charge in [0, 0.05) is 31.4 Å². The van der Waals surface area contributed by atoms with E-state index >= 15 is 0 Å². The molecule has 0 aliphatic carbocycles. The van der Waals surface area contributed by atoms with Gasteiger partial charge in [0.05, 0.1) is 17.1 Å². The molecule has 0 aromatic heterocycles. The molecular weight excluding hydrogens is 328 g/mol. The molecule has 1 N–H and O–H groups in total. The lowest BCUT2D eigenvalue weighted by Gasteiger charge is -2.37. The van der Waals surface area contributed by atoms with Gasteiger partial charge in [-0.05, 0) is 37.1 Å². The zero-order valence-corrected chi connectivity index (χ0v) is 13.3. The largest absolute Gasteiger partial charge is 0.382 e. The summed E-state index contributed by atoms with van der Waals surface area (Å²) in [6.45, 7) is 1.93. The van der Waals surface area contributed by atoms with Crippen molar-refractivity contribution >= 4 is 15.5 Å². The molecule has 1 aromatic carbocycles. The molecule has 8 heteroatoms. The van der Waals surface area contributed by atoms with Crippen LogP contribution in [-0.4, -0.2) is 45.6 Å². The van der Waals surface area contributed by atoms with E-state index in [1.54, 1.807) is 0 Å². The van der Waals surface area contributed by atoms with Gasteiger partial charge in [0.15, 0.2) is 0 Å². The molecule has 128 valence electrons. The summed E-state index contributed by atoms with van der Waals surface area (Å²) in [5.41, 5.74) is 0.480. The van der Waals surface area contributed by atoms with Gasteiger partial charge >= 0.3 is 5.76 Å². The van der Waals surface area contributed by atoms with Crippen molar-refractivity contribution in [1.29, 1.82) is 0 Å². The topological polar surface area (TPSA) is 64.6 Å². The summed E-state index contributed by atoms with van der Waals surface area (Å²) in [4.78, 5) is -0.370. The van der Waals surface area contributed by atoms with Gasteiger partial charge in [-0.3, -0.25) is 0 Å². The summed E-state index contributed by atoms with van der Waals surface area (Å²) in [7, 11) is -4.54. The average molecular weight is 347 g/mol. The van der Waals surface area contributed by atoms with E-state index in [-0.39, 0.29) is 16.5 Å². The Bertz CT molecular complexity index is 642. The van der Waals surface area contributed by atoms with E-state index in [9.17, 15) is 17.2 Å². The van der Waals surface area contributed by atoms with Gasteiger partial charge in [-0.1, -0.05) is 0 Å². The van der Waals surface area contributed by atoms with Crippen molar-refractivity contribution in [3.63, 3.8) is 0 Å². The minimum absolute atomic E-state index is 0.183. The fraction of sp³-hybridized carbons (Fsp3) is 0.600. The third-order valence-electron chi connectivity index (χ3n) is 4.35. The van der Waals surface area contributed by atoms with Crippen molar-refractivity contribution in [1.82, 2.24) is 0 Å². The lowest BCUT2D eigenvalue weighted by atomic mass is 9.89. The number of benzene rings is 1. The Labute approximate surface area is 133 Å². The minimum atomic E-state index is -4.54. The van der Waals surface area contributed by atoms with Gasteiger partial charge in [-0.2, -0.15) is 8.78 Å². The molecule has 2 heterocycles. The molecule has 2 aliphatic rings. The van der Waals surface area contributed by atoms with Crippen molar-refractivity contribution in [2.75, 3.05) is 25.1 Å². The molecule has 2 atom stereocenters. The SMILES string of the molecule is O=S(=O)(c1ccc(NC2CCOC3(CCOC3)C2)cc1)C(F)F. The molecule has 0 amide bonds. The zero-order valence-electron chi connectivity index (χ0n) is 12.5. The smallest absolute Gasteiger partial charge is 0.341 e. The van der Waals surface area contributed by atoms with Gasteiger partial charge in [-0.15, -0.1) is 0 Å². The lowest BCUT2D eigenvalue weighted by molar-refractivity contribution is -0.0828. The van der Waals surface area contributed by atoms with Crippen LogP contribution < -0.4 is 5.32 Å². The number of halogens is 2. The molecule has 2 unspecified atom stereocenters. The number of anilines is 1. The molecule has 0 saturated carbocycles. The van der Waals surface area contributed by atoms with Crippen LogP contribution >= 0.6 is 0 Å². The Morgan fingerprint density at radius 2 is 1.96 bits per heavy atom. The molecule has 1 spiro atoms. The van der Waals surface area contributed by atoms with Gasteiger partial charge in [0.1, 0.15) is 0 Å². The Morgan fingerprint density at radius 1 is 1.22 bits per heavy atom. The molecule has 2 fully saturated rings. The quantitative estimate of drug-likeness (QED) is 0.906. The highest BCUT2D eigenvalue weighted by atomic mass is 32.2. The summed E-state index contributed by atoms with van der Waals surface area (Å²) >= 11 is 0. The van der Waals surface area contributed by atoms with Crippen LogP contribution in [0, 0.1) is 0 Å². The van der Waals surface area contributed by atoms with Crippen molar-refractivity contribution in [3.05, 3.63) is 24.3 Å². The summed E-state index contributed by atoms with van der Waals surface area (Å²) in [6, 6.07) is 5.63. The van der Waals surface area contributed by atoms with Crippen molar-refractivity contribution < 1.29 is 26.7 Å². The fourth-order valence-electron chi connectivity index (χ4n) is 3.09. The monoisotopic (exact) mass is 347 g/mol. The van der Waals surface area contributed by atoms with Crippen LogP contribution in [0.15, 0.2) is 29.2 Å². The normalized spacial score (nSPS) is 28.4. The van der Waals surface area contributed by atoms with E-state index < -0.39 is 15.6 Å². The highest BCUT2D eigenvalue weighted by Gasteiger charge is 2.41. The molecule has 5 nitrogen and oxygen atoms in total. The summed E-state index contributed by atoms with van der Waals surface area (Å²) in [6.07, 6.45) is 2.51. The van der Waals surface area contributed by atoms with E-state index in [4.69, 9.17) is 9.47 Å². The molecule has 0 radical (unpaired) electrons. The van der Waals surface area contributed by atoms with Gasteiger partial charge in [0.2, 0.25) is 9.84 Å². The maximum atomic E-state index is 12.5. The van der Waals surface area contributed by atoms with Gasteiger partial charge < -0.3 is 14.8 Å². The number of alkyl halides is 2. The maximum Gasteiger partial charge on any atom is 0.341 e. The highest BCUT2D eigenvalue weighted by Crippen LogP contribution is 2.34. The van der Waals surface area contributed by atoms with Gasteiger partial charge in [0.25, 0.3) is 0 Å². The second-order valence-corrected chi connectivity index (χ2v) is 7.92. The van der Waals surface area contributed by atoms with Crippen molar-refractivity contribution in [3.8, 4) is 0 Å².